The molecule has 4 aromatic carbocycles. The first-order valence-corrected chi connectivity index (χ1v) is 13.3. The number of primary amides is 1. The van der Waals surface area contributed by atoms with Crippen LogP contribution < -0.4 is 15.8 Å². The zero-order valence-corrected chi connectivity index (χ0v) is 22.9. The van der Waals surface area contributed by atoms with Gasteiger partial charge in [-0.05, 0) is 47.5 Å². The van der Waals surface area contributed by atoms with Crippen LogP contribution in [0.4, 0.5) is 20.6 Å². The maximum atomic E-state index is 14.4. The van der Waals surface area contributed by atoms with Gasteiger partial charge in [0.25, 0.3) is 5.69 Å². The van der Waals surface area contributed by atoms with Gasteiger partial charge in [0.2, 0.25) is 5.91 Å². The van der Waals surface area contributed by atoms with Gasteiger partial charge >= 0.3 is 6.03 Å². The molecule has 0 saturated carbocycles. The molecule has 11 heteroatoms. The van der Waals surface area contributed by atoms with Gasteiger partial charge in [-0.25, -0.2) is 9.18 Å². The number of benzene rings is 4. The summed E-state index contributed by atoms with van der Waals surface area (Å²) in [6.07, 6.45) is 0. The summed E-state index contributed by atoms with van der Waals surface area (Å²) in [5, 5.41) is 14.1. The first kappa shape index (κ1) is 28.9. The van der Waals surface area contributed by atoms with Crippen LogP contribution in [-0.2, 0) is 4.79 Å². The second-order valence-corrected chi connectivity index (χ2v) is 10.0. The molecule has 0 spiro atoms. The van der Waals surface area contributed by atoms with Crippen molar-refractivity contribution in [2.24, 2.45) is 11.7 Å². The zero-order chi connectivity index (χ0) is 30.7. The molecule has 0 aromatic heterocycles. The molecule has 0 radical (unpaired) electrons. The Morgan fingerprint density at radius 1 is 0.884 bits per heavy atom. The van der Waals surface area contributed by atoms with Crippen LogP contribution in [0.3, 0.4) is 0 Å². The van der Waals surface area contributed by atoms with Crippen LogP contribution in [0.1, 0.15) is 33.4 Å². The Balaban J connectivity index is 1.72. The molecule has 218 valence electrons. The molecule has 3 amide bonds. The first-order valence-electron chi connectivity index (χ1n) is 13.3. The van der Waals surface area contributed by atoms with E-state index in [0.717, 1.165) is 0 Å². The number of ketones is 1. The third-order valence-corrected chi connectivity index (χ3v) is 7.60. The summed E-state index contributed by atoms with van der Waals surface area (Å²) >= 11 is 0. The fourth-order valence-corrected chi connectivity index (χ4v) is 5.68. The smallest absolute Gasteiger partial charge is 0.323 e. The lowest BCUT2D eigenvalue weighted by Crippen LogP contribution is -2.48. The highest BCUT2D eigenvalue weighted by atomic mass is 19.1. The highest BCUT2D eigenvalue weighted by molar-refractivity contribution is 6.02. The Morgan fingerprint density at radius 3 is 2.05 bits per heavy atom. The van der Waals surface area contributed by atoms with Gasteiger partial charge in [-0.1, -0.05) is 54.6 Å². The fraction of sp³-hybridized carbons (Fsp3) is 0.156. The molecule has 43 heavy (non-hydrogen) atoms. The number of amides is 3. The van der Waals surface area contributed by atoms with Crippen LogP contribution in [0.15, 0.2) is 103 Å². The van der Waals surface area contributed by atoms with Crippen LogP contribution in [-0.4, -0.2) is 40.7 Å². The van der Waals surface area contributed by atoms with Crippen molar-refractivity contribution in [2.45, 2.75) is 18.0 Å². The van der Waals surface area contributed by atoms with Crippen molar-refractivity contribution in [1.29, 1.82) is 0 Å². The van der Waals surface area contributed by atoms with Crippen LogP contribution in [0, 0.1) is 21.8 Å². The SMILES string of the molecule is COc1ccc(C2C(C(=O)c3ccccc3)C(c3ccc([N+](=O)[O-])cc3)C(C(N)=O)N2C(=O)Nc2ccc(F)cc2)cc1. The van der Waals surface area contributed by atoms with E-state index >= 15 is 0 Å². The molecule has 4 unspecified atom stereocenters. The molecule has 4 atom stereocenters. The molecule has 0 bridgehead atoms. The second-order valence-electron chi connectivity index (χ2n) is 10.0. The molecule has 1 heterocycles. The minimum atomic E-state index is -1.34. The quantitative estimate of drug-likeness (QED) is 0.160. The maximum absolute atomic E-state index is 14.4. The van der Waals surface area contributed by atoms with Crippen LogP contribution in [0.2, 0.25) is 0 Å². The van der Waals surface area contributed by atoms with E-state index in [-0.39, 0.29) is 17.2 Å². The van der Waals surface area contributed by atoms with Gasteiger partial charge < -0.3 is 20.7 Å². The number of halogens is 1. The van der Waals surface area contributed by atoms with Crippen molar-refractivity contribution < 1.29 is 28.4 Å². The fourth-order valence-electron chi connectivity index (χ4n) is 5.68. The number of hydrogen-bond donors (Lipinski definition) is 2. The molecule has 10 nitrogen and oxygen atoms in total. The maximum Gasteiger partial charge on any atom is 0.323 e. The Kier molecular flexibility index (Phi) is 8.15. The number of nitro groups is 1. The van der Waals surface area contributed by atoms with Crippen LogP contribution in [0.25, 0.3) is 0 Å². The molecule has 1 fully saturated rings. The summed E-state index contributed by atoms with van der Waals surface area (Å²) in [5.41, 5.74) is 7.35. The predicted molar refractivity (Wildman–Crippen MR) is 156 cm³/mol. The number of anilines is 1. The van der Waals surface area contributed by atoms with E-state index in [0.29, 0.717) is 22.4 Å². The number of nitro benzene ring substituents is 1. The van der Waals surface area contributed by atoms with Gasteiger partial charge in [-0.15, -0.1) is 0 Å². The monoisotopic (exact) mass is 582 g/mol. The predicted octanol–water partition coefficient (Wildman–Crippen LogP) is 5.47. The van der Waals surface area contributed by atoms with Gasteiger partial charge in [-0.2, -0.15) is 0 Å². The second kappa shape index (κ2) is 12.1. The number of hydrogen-bond acceptors (Lipinski definition) is 6. The van der Waals surface area contributed by atoms with Gasteiger partial charge in [0.05, 0.1) is 24.0 Å². The van der Waals surface area contributed by atoms with Gasteiger partial charge in [0, 0.05) is 29.3 Å². The van der Waals surface area contributed by atoms with Crippen molar-refractivity contribution >= 4 is 29.1 Å². The van der Waals surface area contributed by atoms with E-state index in [9.17, 15) is 28.9 Å². The minimum absolute atomic E-state index is 0.180. The number of rotatable bonds is 8. The summed E-state index contributed by atoms with van der Waals surface area (Å²) in [6.45, 7) is 0. The summed E-state index contributed by atoms with van der Waals surface area (Å²) < 4.78 is 18.9. The molecule has 4 aromatic rings. The molecular weight excluding hydrogens is 555 g/mol. The van der Waals surface area contributed by atoms with Crippen molar-refractivity contribution in [3.8, 4) is 5.75 Å². The van der Waals surface area contributed by atoms with Crippen molar-refractivity contribution in [3.63, 3.8) is 0 Å². The number of carbonyl (C=O) groups excluding carboxylic acids is 3. The van der Waals surface area contributed by atoms with Crippen molar-refractivity contribution in [1.82, 2.24) is 4.90 Å². The molecule has 0 aliphatic carbocycles. The van der Waals surface area contributed by atoms with E-state index in [4.69, 9.17) is 10.5 Å². The standard InChI is InChI=1S/C32H27FN4O6/c1-43-25-17-9-20(10-18-25)28-27(30(38)21-5-3-2-4-6-21)26(19-7-15-24(16-8-19)37(41)42)29(31(34)39)36(28)32(40)35-23-13-11-22(33)12-14-23/h2-18,26-29H,1H3,(H2,34,39)(H,35,40). The van der Waals surface area contributed by atoms with E-state index in [1.807, 2.05) is 0 Å². The highest BCUT2D eigenvalue weighted by Gasteiger charge is 2.57. The Labute approximate surface area is 246 Å². The average Bonchev–Trinajstić information content (AvgIpc) is 3.39. The normalized spacial score (nSPS) is 19.4. The average molecular weight is 583 g/mol. The number of carbonyl (C=O) groups is 3. The Hall–Kier alpha value is -5.58. The zero-order valence-electron chi connectivity index (χ0n) is 22.9. The number of nitrogens with one attached hydrogen (secondary N) is 1. The third kappa shape index (κ3) is 5.78. The van der Waals surface area contributed by atoms with Crippen molar-refractivity contribution in [2.75, 3.05) is 12.4 Å². The van der Waals surface area contributed by atoms with Gasteiger partial charge in [0.1, 0.15) is 17.6 Å². The number of Topliss-reactive ketones (excluding diaryl/α,β-unsaturated/α-hetero) is 1. The topological polar surface area (TPSA) is 145 Å². The number of urea groups is 1. The minimum Gasteiger partial charge on any atom is -0.497 e. The number of nitrogens with zero attached hydrogens (tertiary/aromatic N) is 2. The molecule has 3 N–H and O–H groups in total. The van der Waals surface area contributed by atoms with E-state index < -0.39 is 46.6 Å². The van der Waals surface area contributed by atoms with E-state index in [1.165, 1.54) is 60.5 Å². The summed E-state index contributed by atoms with van der Waals surface area (Å²) in [6, 6.07) is 22.7. The van der Waals surface area contributed by atoms with Gasteiger partial charge in [-0.3, -0.25) is 19.7 Å². The lowest BCUT2D eigenvalue weighted by molar-refractivity contribution is -0.384. The third-order valence-electron chi connectivity index (χ3n) is 7.60. The van der Waals surface area contributed by atoms with Crippen LogP contribution in [0.5, 0.6) is 5.75 Å². The van der Waals surface area contributed by atoms with Crippen LogP contribution >= 0.6 is 0 Å². The number of likely N-dealkylation sites (tertiary alicyclic amines) is 1. The Bertz CT molecular complexity index is 1650. The summed E-state index contributed by atoms with van der Waals surface area (Å²) in [5.74, 6) is -3.20. The molecular formula is C32H27FN4O6. The largest absolute Gasteiger partial charge is 0.497 e. The molecule has 1 aliphatic heterocycles. The number of non-ortho nitro benzene ring substituents is 1. The Morgan fingerprint density at radius 2 is 1.49 bits per heavy atom. The molecule has 5 rings (SSSR count). The number of methoxy groups -OCH3 is 1. The molecule has 1 saturated heterocycles. The van der Waals surface area contributed by atoms with Gasteiger partial charge in [0.15, 0.2) is 5.78 Å². The highest BCUT2D eigenvalue weighted by Crippen LogP contribution is 2.51. The van der Waals surface area contributed by atoms with E-state index in [1.54, 1.807) is 54.6 Å². The summed E-state index contributed by atoms with van der Waals surface area (Å²) in [7, 11) is 1.50. The first-order chi connectivity index (χ1) is 20.7. The molecule has 1 aliphatic rings. The summed E-state index contributed by atoms with van der Waals surface area (Å²) in [4.78, 5) is 53.7. The lowest BCUT2D eigenvalue weighted by Gasteiger charge is -2.31. The van der Waals surface area contributed by atoms with Crippen molar-refractivity contribution in [3.05, 3.63) is 136 Å². The lowest BCUT2D eigenvalue weighted by atomic mass is 9.76. The van der Waals surface area contributed by atoms with E-state index in [2.05, 4.69) is 5.32 Å². The number of nitrogens with two attached hydrogens (primary N) is 1. The number of ether oxygens (including phenoxy) is 1.